The molecule has 0 saturated carbocycles. The summed E-state index contributed by atoms with van der Waals surface area (Å²) >= 11 is 0. The monoisotopic (exact) mass is 496 g/mol. The Balaban J connectivity index is 1.39. The Morgan fingerprint density at radius 1 is 1.22 bits per heavy atom. The maximum absolute atomic E-state index is 13.0. The Kier molecular flexibility index (Phi) is 7.47. The highest BCUT2D eigenvalue weighted by Gasteiger charge is 2.51. The summed E-state index contributed by atoms with van der Waals surface area (Å²) in [6, 6.07) is 8.00. The van der Waals surface area contributed by atoms with Crippen molar-refractivity contribution in [3.8, 4) is 11.3 Å². The molecule has 3 heterocycles. The Labute approximate surface area is 213 Å². The van der Waals surface area contributed by atoms with E-state index >= 15 is 0 Å². The summed E-state index contributed by atoms with van der Waals surface area (Å²) in [7, 11) is 0.924. The van der Waals surface area contributed by atoms with E-state index in [0.29, 0.717) is 19.5 Å². The number of aromatic nitrogens is 2. The number of hydrogen-bond acceptors (Lipinski definition) is 6. The summed E-state index contributed by atoms with van der Waals surface area (Å²) in [5, 5.41) is 2.66. The Morgan fingerprint density at radius 3 is 2.53 bits per heavy atom. The lowest BCUT2D eigenvalue weighted by Crippen LogP contribution is -2.41. The molecule has 2 aliphatic rings. The highest BCUT2D eigenvalue weighted by molar-refractivity contribution is 6.62. The number of H-pyrrole nitrogens is 1. The molecule has 2 saturated heterocycles. The number of alkyl carbamates (subject to hydrolysis) is 1. The second kappa shape index (κ2) is 10.3. The van der Waals surface area contributed by atoms with Gasteiger partial charge in [-0.25, -0.2) is 9.78 Å². The zero-order chi connectivity index (χ0) is 26.1. The van der Waals surface area contributed by atoms with Crippen molar-refractivity contribution in [2.45, 2.75) is 71.1 Å². The van der Waals surface area contributed by atoms with Crippen molar-refractivity contribution in [3.05, 3.63) is 36.3 Å². The molecule has 2 atom stereocenters. The van der Waals surface area contributed by atoms with Gasteiger partial charge in [0.15, 0.2) is 0 Å². The van der Waals surface area contributed by atoms with E-state index < -0.39 is 13.2 Å². The van der Waals surface area contributed by atoms with Gasteiger partial charge in [0, 0.05) is 31.3 Å². The first-order valence-corrected chi connectivity index (χ1v) is 12.6. The van der Waals surface area contributed by atoms with Crippen molar-refractivity contribution in [1.29, 1.82) is 0 Å². The van der Waals surface area contributed by atoms with Crippen LogP contribution in [-0.4, -0.2) is 65.4 Å². The number of benzene rings is 1. The molecule has 10 heteroatoms. The standard InChI is InChI=1S/C26H37BN4O5/c1-17(15-29-24(33)34-6)14-22(32)31-13-7-8-21(31)23-28-16-20(30-23)18-9-11-19(12-10-18)27-35-25(2,3)26(4,5)36-27/h9-12,16-17,21H,7-8,13-15H2,1-6H3,(H,28,30)(H,29,33)/t17-,21-/m0/s1. The first kappa shape index (κ1) is 26.2. The normalized spacial score (nSPS) is 21.4. The van der Waals surface area contributed by atoms with E-state index in [2.05, 4.69) is 15.0 Å². The van der Waals surface area contributed by atoms with E-state index in [1.807, 2.05) is 70.0 Å². The minimum atomic E-state index is -0.486. The van der Waals surface area contributed by atoms with Crippen molar-refractivity contribution in [3.63, 3.8) is 0 Å². The minimum absolute atomic E-state index is 0.00695. The van der Waals surface area contributed by atoms with Crippen LogP contribution in [0.1, 0.15) is 65.7 Å². The molecule has 2 aliphatic heterocycles. The number of hydrogen-bond donors (Lipinski definition) is 2. The van der Waals surface area contributed by atoms with E-state index in [9.17, 15) is 9.59 Å². The number of likely N-dealkylation sites (tertiary alicyclic amines) is 1. The summed E-state index contributed by atoms with van der Waals surface area (Å²) in [4.78, 5) is 34.3. The second-order valence-corrected chi connectivity index (χ2v) is 10.8. The maximum Gasteiger partial charge on any atom is 0.494 e. The number of amides is 2. The van der Waals surface area contributed by atoms with Gasteiger partial charge in [0.05, 0.1) is 30.0 Å². The topological polar surface area (TPSA) is 106 Å². The molecule has 1 aromatic carbocycles. The fourth-order valence-corrected chi connectivity index (χ4v) is 4.61. The van der Waals surface area contributed by atoms with Crippen LogP contribution >= 0.6 is 0 Å². The third kappa shape index (κ3) is 5.44. The average molecular weight is 496 g/mol. The van der Waals surface area contributed by atoms with Gasteiger partial charge in [-0.3, -0.25) is 4.79 Å². The summed E-state index contributed by atoms with van der Waals surface area (Å²) < 4.78 is 16.9. The minimum Gasteiger partial charge on any atom is -0.453 e. The van der Waals surface area contributed by atoms with Crippen LogP contribution in [0.25, 0.3) is 11.3 Å². The molecule has 2 N–H and O–H groups in total. The summed E-state index contributed by atoms with van der Waals surface area (Å²) in [5.41, 5.74) is 2.02. The number of nitrogens with one attached hydrogen (secondary N) is 2. The van der Waals surface area contributed by atoms with Crippen LogP contribution in [0.3, 0.4) is 0 Å². The molecule has 36 heavy (non-hydrogen) atoms. The largest absolute Gasteiger partial charge is 0.494 e. The van der Waals surface area contributed by atoms with Crippen molar-refractivity contribution in [2.24, 2.45) is 5.92 Å². The molecule has 9 nitrogen and oxygen atoms in total. The molecule has 194 valence electrons. The van der Waals surface area contributed by atoms with Crippen LogP contribution in [-0.2, 0) is 18.8 Å². The van der Waals surface area contributed by atoms with Gasteiger partial charge in [0.2, 0.25) is 5.91 Å². The predicted molar refractivity (Wildman–Crippen MR) is 138 cm³/mol. The number of methoxy groups -OCH3 is 1. The summed E-state index contributed by atoms with van der Waals surface area (Å²) in [5.74, 6) is 0.875. The Hall–Kier alpha value is -2.85. The first-order valence-electron chi connectivity index (χ1n) is 12.6. The molecule has 4 rings (SSSR count). The molecule has 0 spiro atoms. The number of imidazole rings is 1. The fraction of sp³-hybridized carbons (Fsp3) is 0.577. The molecule has 0 unspecified atom stereocenters. The molecular formula is C26H37BN4O5. The second-order valence-electron chi connectivity index (χ2n) is 10.8. The predicted octanol–water partition coefficient (Wildman–Crippen LogP) is 3.42. The lowest BCUT2D eigenvalue weighted by atomic mass is 9.79. The van der Waals surface area contributed by atoms with Crippen LogP contribution in [0.2, 0.25) is 0 Å². The van der Waals surface area contributed by atoms with Crippen molar-refractivity contribution in [2.75, 3.05) is 20.2 Å². The van der Waals surface area contributed by atoms with Crippen molar-refractivity contribution < 1.29 is 23.6 Å². The number of ether oxygens (including phenoxy) is 1. The SMILES string of the molecule is COC(=O)NC[C@@H](C)CC(=O)N1CCC[C@H]1c1nc(-c2ccc(B3OC(C)(C)C(C)(C)O3)cc2)c[nH]1. The van der Waals surface area contributed by atoms with E-state index in [0.717, 1.165) is 35.4 Å². The van der Waals surface area contributed by atoms with Gasteiger partial charge >= 0.3 is 13.2 Å². The van der Waals surface area contributed by atoms with Gasteiger partial charge in [-0.1, -0.05) is 31.2 Å². The molecule has 2 amide bonds. The first-order chi connectivity index (χ1) is 17.0. The van der Waals surface area contributed by atoms with Crippen molar-refractivity contribution >= 4 is 24.6 Å². The highest BCUT2D eigenvalue weighted by atomic mass is 16.7. The highest BCUT2D eigenvalue weighted by Crippen LogP contribution is 2.37. The van der Waals surface area contributed by atoms with Crippen LogP contribution in [0.4, 0.5) is 4.79 Å². The number of rotatable bonds is 7. The molecule has 0 aliphatic carbocycles. The van der Waals surface area contributed by atoms with Gasteiger partial charge in [-0.2, -0.15) is 0 Å². The van der Waals surface area contributed by atoms with Crippen LogP contribution in [0.5, 0.6) is 0 Å². The van der Waals surface area contributed by atoms with Gasteiger partial charge in [-0.05, 0) is 51.9 Å². The average Bonchev–Trinajstić information content (AvgIpc) is 3.55. The van der Waals surface area contributed by atoms with Crippen molar-refractivity contribution in [1.82, 2.24) is 20.2 Å². The zero-order valence-corrected chi connectivity index (χ0v) is 22.1. The summed E-state index contributed by atoms with van der Waals surface area (Å²) in [6.45, 7) is 11.2. The lowest BCUT2D eigenvalue weighted by molar-refractivity contribution is -0.133. The Morgan fingerprint density at radius 2 is 1.89 bits per heavy atom. The van der Waals surface area contributed by atoms with Crippen LogP contribution in [0, 0.1) is 5.92 Å². The third-order valence-electron chi connectivity index (χ3n) is 7.52. The summed E-state index contributed by atoms with van der Waals surface area (Å²) in [6.07, 6.45) is 3.57. The molecule has 2 fully saturated rings. The number of carbonyl (C=O) groups is 2. The third-order valence-corrected chi connectivity index (χ3v) is 7.52. The zero-order valence-electron chi connectivity index (χ0n) is 22.1. The molecular weight excluding hydrogens is 459 g/mol. The van der Waals surface area contributed by atoms with Crippen LogP contribution in [0.15, 0.2) is 30.5 Å². The Bertz CT molecular complexity index is 1070. The van der Waals surface area contributed by atoms with Gasteiger partial charge in [0.25, 0.3) is 0 Å². The van der Waals surface area contributed by atoms with E-state index in [1.54, 1.807) is 0 Å². The smallest absolute Gasteiger partial charge is 0.453 e. The number of carbonyl (C=O) groups excluding carboxylic acids is 2. The van der Waals surface area contributed by atoms with Gasteiger partial charge in [-0.15, -0.1) is 0 Å². The maximum atomic E-state index is 13.0. The van der Waals surface area contributed by atoms with E-state index in [4.69, 9.17) is 14.3 Å². The fourth-order valence-electron chi connectivity index (χ4n) is 4.61. The van der Waals surface area contributed by atoms with Gasteiger partial charge < -0.3 is 29.2 Å². The van der Waals surface area contributed by atoms with Crippen LogP contribution < -0.4 is 10.8 Å². The molecule has 0 bridgehead atoms. The van der Waals surface area contributed by atoms with Gasteiger partial charge in [0.1, 0.15) is 5.82 Å². The van der Waals surface area contributed by atoms with E-state index in [-0.39, 0.29) is 29.1 Å². The lowest BCUT2D eigenvalue weighted by Gasteiger charge is -2.32. The van der Waals surface area contributed by atoms with E-state index in [1.165, 1.54) is 7.11 Å². The molecule has 0 radical (unpaired) electrons. The quantitative estimate of drug-likeness (QED) is 0.570. The molecule has 1 aromatic heterocycles. The molecule has 2 aromatic rings. The number of aromatic amines is 1. The number of nitrogens with zero attached hydrogens (tertiary/aromatic N) is 2.